The maximum Gasteiger partial charge on any atom is 0.490 e. The van der Waals surface area contributed by atoms with E-state index in [9.17, 15) is 18.0 Å². The third-order valence-electron chi connectivity index (χ3n) is 4.16. The summed E-state index contributed by atoms with van der Waals surface area (Å²) >= 11 is 0. The molecule has 1 aliphatic rings. The highest BCUT2D eigenvalue weighted by molar-refractivity contribution is 5.73. The molecule has 1 saturated heterocycles. The van der Waals surface area contributed by atoms with Crippen LogP contribution in [0.3, 0.4) is 0 Å². The van der Waals surface area contributed by atoms with E-state index in [0.29, 0.717) is 12.6 Å². The van der Waals surface area contributed by atoms with Gasteiger partial charge in [-0.2, -0.15) is 13.2 Å². The number of carboxylic acid groups (broad SMARTS) is 1. The Labute approximate surface area is 166 Å². The Hall–Kier alpha value is -2.63. The molecule has 29 heavy (non-hydrogen) atoms. The molecule has 4 N–H and O–H groups in total. The van der Waals surface area contributed by atoms with Crippen molar-refractivity contribution >= 4 is 12.0 Å². The fraction of sp³-hybridized carbons (Fsp3) is 0.647. The second kappa shape index (κ2) is 12.0. The molecule has 1 aromatic heterocycles. The number of urea groups is 1. The molecule has 1 aromatic rings. The second-order valence-electron chi connectivity index (χ2n) is 6.50. The smallest absolute Gasteiger partial charge is 0.475 e. The molecule has 0 atom stereocenters. The molecular weight excluding hydrogens is 393 g/mol. The van der Waals surface area contributed by atoms with E-state index < -0.39 is 18.2 Å². The van der Waals surface area contributed by atoms with Crippen molar-refractivity contribution in [2.75, 3.05) is 19.6 Å². The van der Waals surface area contributed by atoms with Crippen molar-refractivity contribution in [3.8, 4) is 0 Å². The van der Waals surface area contributed by atoms with Crippen LogP contribution in [0.25, 0.3) is 0 Å². The third kappa shape index (κ3) is 9.92. The lowest BCUT2D eigenvalue weighted by atomic mass is 10.1. The summed E-state index contributed by atoms with van der Waals surface area (Å²) < 4.78 is 33.7. The molecule has 0 aromatic carbocycles. The number of allylic oxidation sites excluding steroid dienone is 1. The summed E-state index contributed by atoms with van der Waals surface area (Å²) in [4.78, 5) is 22.1. The first kappa shape index (κ1) is 24.4. The number of aliphatic carboxylic acids is 1. The van der Waals surface area contributed by atoms with E-state index in [-0.39, 0.29) is 0 Å². The number of piperidine rings is 1. The van der Waals surface area contributed by atoms with Gasteiger partial charge in [0.05, 0.1) is 18.8 Å². The fourth-order valence-electron chi connectivity index (χ4n) is 2.63. The number of nitrogens with two attached hydrogens (primary N) is 1. The minimum Gasteiger partial charge on any atom is -0.475 e. The summed E-state index contributed by atoms with van der Waals surface area (Å²) in [6.07, 6.45) is 5.88. The lowest BCUT2D eigenvalue weighted by molar-refractivity contribution is -0.192. The van der Waals surface area contributed by atoms with E-state index >= 15 is 0 Å². The first-order chi connectivity index (χ1) is 13.6. The van der Waals surface area contributed by atoms with Crippen molar-refractivity contribution in [2.24, 2.45) is 5.73 Å². The Morgan fingerprint density at radius 2 is 1.97 bits per heavy atom. The zero-order valence-electron chi connectivity index (χ0n) is 16.2. The molecule has 2 heterocycles. The average molecular weight is 420 g/mol. The van der Waals surface area contributed by atoms with Gasteiger partial charge in [-0.25, -0.2) is 14.3 Å². The summed E-state index contributed by atoms with van der Waals surface area (Å²) in [5, 5.41) is 17.9. The molecule has 0 spiro atoms. The molecule has 12 heteroatoms. The van der Waals surface area contributed by atoms with Gasteiger partial charge < -0.3 is 16.2 Å². The Morgan fingerprint density at radius 3 is 2.48 bits per heavy atom. The van der Waals surface area contributed by atoms with Gasteiger partial charge in [0.25, 0.3) is 0 Å². The third-order valence-corrected chi connectivity index (χ3v) is 4.16. The molecule has 0 unspecified atom stereocenters. The van der Waals surface area contributed by atoms with Crippen LogP contribution in [0.15, 0.2) is 18.3 Å². The van der Waals surface area contributed by atoms with Crippen LogP contribution in [0.1, 0.15) is 44.3 Å². The van der Waals surface area contributed by atoms with Gasteiger partial charge in [-0.15, -0.1) is 5.10 Å². The maximum absolute atomic E-state index is 10.7. The number of nitrogens with one attached hydrogen (secondary N) is 1. The number of hydrogen-bond acceptors (Lipinski definition) is 5. The largest absolute Gasteiger partial charge is 0.490 e. The second-order valence-corrected chi connectivity index (χ2v) is 6.50. The van der Waals surface area contributed by atoms with Crippen molar-refractivity contribution in [2.45, 2.75) is 51.4 Å². The highest BCUT2D eigenvalue weighted by Gasteiger charge is 2.38. The predicted octanol–water partition coefficient (Wildman–Crippen LogP) is 2.07. The summed E-state index contributed by atoms with van der Waals surface area (Å²) in [6.45, 7) is 5.72. The maximum atomic E-state index is 10.7. The number of carbonyl (C=O) groups is 2. The quantitative estimate of drug-likeness (QED) is 0.580. The number of unbranched alkanes of at least 4 members (excludes halogenated alkanes) is 1. The Bertz CT molecular complexity index is 670. The highest BCUT2D eigenvalue weighted by atomic mass is 19.4. The molecular formula is C17H27F3N6O3. The molecule has 164 valence electrons. The first-order valence-corrected chi connectivity index (χ1v) is 9.25. The Morgan fingerprint density at radius 1 is 1.34 bits per heavy atom. The number of carbonyl (C=O) groups excluding carboxylic acids is 1. The monoisotopic (exact) mass is 420 g/mol. The molecule has 0 saturated carbocycles. The number of likely N-dealkylation sites (tertiary alicyclic amines) is 1. The number of hydrogen-bond donors (Lipinski definition) is 3. The van der Waals surface area contributed by atoms with Crippen molar-refractivity contribution in [3.63, 3.8) is 0 Å². The van der Waals surface area contributed by atoms with Gasteiger partial charge in [-0.1, -0.05) is 30.7 Å². The van der Waals surface area contributed by atoms with Crippen LogP contribution in [-0.4, -0.2) is 62.8 Å². The summed E-state index contributed by atoms with van der Waals surface area (Å²) in [5.74, 6) is -2.76. The lowest BCUT2D eigenvalue weighted by Crippen LogP contribution is -2.34. The zero-order chi connectivity index (χ0) is 21.9. The van der Waals surface area contributed by atoms with Gasteiger partial charge in [0.2, 0.25) is 0 Å². The van der Waals surface area contributed by atoms with Gasteiger partial charge in [0.1, 0.15) is 5.69 Å². The molecule has 2 amide bonds. The summed E-state index contributed by atoms with van der Waals surface area (Å²) in [6, 6.07) is -0.148. The standard InChI is InChI=1S/C15H26N6O.C2HF3O2/c1-2-3-4-5-8-20-9-6-14(7-10-20)21-12-13(18-19-21)11-17-15(16)22;3-2(4,5)1(6)7/h4-5,12,14H,2-3,6-11H2,1H3,(H3,16,17,22);(H,6,7)/b5-4+;. The molecule has 1 fully saturated rings. The van der Waals surface area contributed by atoms with E-state index in [0.717, 1.165) is 44.6 Å². The fourth-order valence-corrected chi connectivity index (χ4v) is 2.63. The van der Waals surface area contributed by atoms with Crippen LogP contribution in [0, 0.1) is 0 Å². The molecule has 2 rings (SSSR count). The summed E-state index contributed by atoms with van der Waals surface area (Å²) in [5.41, 5.74) is 5.79. The van der Waals surface area contributed by atoms with Crippen LogP contribution < -0.4 is 11.1 Å². The molecule has 0 radical (unpaired) electrons. The van der Waals surface area contributed by atoms with Crippen LogP contribution in [0.2, 0.25) is 0 Å². The minimum absolute atomic E-state index is 0.330. The number of primary amides is 1. The van der Waals surface area contributed by atoms with Crippen LogP contribution in [0.4, 0.5) is 18.0 Å². The van der Waals surface area contributed by atoms with Crippen LogP contribution >= 0.6 is 0 Å². The molecule has 1 aliphatic heterocycles. The van der Waals surface area contributed by atoms with Gasteiger partial charge in [-0.3, -0.25) is 4.90 Å². The molecule has 0 aliphatic carbocycles. The minimum atomic E-state index is -5.08. The van der Waals surface area contributed by atoms with Gasteiger partial charge in [0, 0.05) is 19.6 Å². The predicted molar refractivity (Wildman–Crippen MR) is 98.9 cm³/mol. The highest BCUT2D eigenvalue weighted by Crippen LogP contribution is 2.21. The molecule has 0 bridgehead atoms. The number of nitrogens with zero attached hydrogens (tertiary/aromatic N) is 4. The van der Waals surface area contributed by atoms with E-state index in [1.165, 1.54) is 6.42 Å². The van der Waals surface area contributed by atoms with Gasteiger partial charge in [-0.05, 0) is 19.3 Å². The van der Waals surface area contributed by atoms with E-state index in [1.807, 2.05) is 10.9 Å². The van der Waals surface area contributed by atoms with Gasteiger partial charge >= 0.3 is 18.2 Å². The SMILES string of the molecule is CCC/C=C/CN1CCC(n2cc(CNC(N)=O)nn2)CC1.O=C(O)C(F)(F)F. The number of aromatic nitrogens is 3. The average Bonchev–Trinajstić information content (AvgIpc) is 3.13. The normalized spacial score (nSPS) is 15.7. The number of halogens is 3. The lowest BCUT2D eigenvalue weighted by Gasteiger charge is -2.30. The Kier molecular flexibility index (Phi) is 10.1. The van der Waals surface area contributed by atoms with E-state index in [4.69, 9.17) is 15.6 Å². The van der Waals surface area contributed by atoms with Crippen molar-refractivity contribution < 1.29 is 27.9 Å². The number of alkyl halides is 3. The number of carboxylic acids is 1. The van der Waals surface area contributed by atoms with Crippen LogP contribution in [-0.2, 0) is 11.3 Å². The number of rotatable bonds is 7. The Balaban J connectivity index is 0.000000516. The van der Waals surface area contributed by atoms with Gasteiger partial charge in [0.15, 0.2) is 0 Å². The van der Waals surface area contributed by atoms with Crippen LogP contribution in [0.5, 0.6) is 0 Å². The number of amides is 2. The zero-order valence-corrected chi connectivity index (χ0v) is 16.2. The topological polar surface area (TPSA) is 126 Å². The van der Waals surface area contributed by atoms with Crippen molar-refractivity contribution in [3.05, 3.63) is 24.0 Å². The van der Waals surface area contributed by atoms with E-state index in [2.05, 4.69) is 39.6 Å². The van der Waals surface area contributed by atoms with Crippen molar-refractivity contribution in [1.82, 2.24) is 25.2 Å². The van der Waals surface area contributed by atoms with E-state index in [1.54, 1.807) is 0 Å². The van der Waals surface area contributed by atoms with Crippen molar-refractivity contribution in [1.29, 1.82) is 0 Å². The first-order valence-electron chi connectivity index (χ1n) is 9.25. The molecule has 9 nitrogen and oxygen atoms in total. The summed E-state index contributed by atoms with van der Waals surface area (Å²) in [7, 11) is 0.